The van der Waals surface area contributed by atoms with Crippen LogP contribution in [0.15, 0.2) is 126 Å². The quantitative estimate of drug-likeness (QED) is 0.0422. The molecule has 3 unspecified atom stereocenters. The molecule has 1 aliphatic heterocycles. The van der Waals surface area contributed by atoms with Crippen LogP contribution in [0.25, 0.3) is 11.1 Å². The molecule has 1 fully saturated rings. The van der Waals surface area contributed by atoms with E-state index in [1.54, 1.807) is 30.1 Å². The van der Waals surface area contributed by atoms with E-state index in [1.165, 1.54) is 0 Å². The first-order valence-electron chi connectivity index (χ1n) is 18.6. The second-order valence-corrected chi connectivity index (χ2v) is 14.5. The summed E-state index contributed by atoms with van der Waals surface area (Å²) in [6.07, 6.45) is 5.87. The number of pyridine rings is 1. The molecule has 2 amide bonds. The number of hydrogen-bond acceptors (Lipinski definition) is 8. The Balaban J connectivity index is 1.00. The number of hydrogen-bond donors (Lipinski definition) is 4. The summed E-state index contributed by atoms with van der Waals surface area (Å²) in [5, 5.41) is 16.4. The number of rotatable bonds is 17. The Labute approximate surface area is 321 Å². The van der Waals surface area contributed by atoms with Gasteiger partial charge in [0, 0.05) is 43.3 Å². The summed E-state index contributed by atoms with van der Waals surface area (Å²) in [6, 6.07) is 37.5. The van der Waals surface area contributed by atoms with Crippen LogP contribution >= 0.6 is 11.8 Å². The molecule has 54 heavy (non-hydrogen) atoms. The van der Waals surface area contributed by atoms with Crippen molar-refractivity contribution in [3.8, 4) is 11.1 Å². The van der Waals surface area contributed by atoms with Gasteiger partial charge >= 0.3 is 0 Å². The van der Waals surface area contributed by atoms with Crippen molar-refractivity contribution in [3.63, 3.8) is 0 Å². The summed E-state index contributed by atoms with van der Waals surface area (Å²) in [6.45, 7) is 0.439. The number of nitrogens with one attached hydrogen (secondary N) is 2. The lowest BCUT2D eigenvalue weighted by Gasteiger charge is -2.36. The monoisotopic (exact) mass is 744 g/mol. The number of carbonyl (C=O) groups is 2. The van der Waals surface area contributed by atoms with Crippen LogP contribution in [0.3, 0.4) is 0 Å². The first-order chi connectivity index (χ1) is 26.4. The van der Waals surface area contributed by atoms with E-state index in [4.69, 9.17) is 15.2 Å². The minimum Gasteiger partial charge on any atom is -0.397 e. The number of nitrogens with zero attached hydrogens (tertiary/aromatic N) is 1. The molecule has 1 saturated heterocycles. The maximum absolute atomic E-state index is 12.7. The highest BCUT2D eigenvalue weighted by Gasteiger charge is 2.32. The van der Waals surface area contributed by atoms with Gasteiger partial charge in [-0.25, -0.2) is 4.98 Å². The molecule has 10 heteroatoms. The normalized spacial score (nSPS) is 16.8. The predicted octanol–water partition coefficient (Wildman–Crippen LogP) is 8.76. The summed E-state index contributed by atoms with van der Waals surface area (Å²) in [5.74, 6) is 0.702. The van der Waals surface area contributed by atoms with E-state index in [1.807, 2.05) is 78.9 Å². The minimum atomic E-state index is -0.566. The number of aromatic nitrogens is 1. The number of aliphatic hydroxyl groups is 1. The molecule has 3 atom stereocenters. The molecule has 5 aromatic rings. The van der Waals surface area contributed by atoms with E-state index < -0.39 is 6.29 Å². The van der Waals surface area contributed by atoms with Gasteiger partial charge < -0.3 is 30.9 Å². The highest BCUT2D eigenvalue weighted by molar-refractivity contribution is 7.99. The number of para-hydroxylation sites is 2. The van der Waals surface area contributed by atoms with Crippen molar-refractivity contribution in [2.45, 2.75) is 81.6 Å². The number of anilines is 2. The zero-order valence-corrected chi connectivity index (χ0v) is 31.2. The molecule has 0 aliphatic carbocycles. The van der Waals surface area contributed by atoms with Crippen molar-refractivity contribution in [2.24, 2.45) is 0 Å². The fourth-order valence-electron chi connectivity index (χ4n) is 6.40. The molecule has 1 aromatic heterocycles. The van der Waals surface area contributed by atoms with Gasteiger partial charge in [-0.1, -0.05) is 91.7 Å². The fraction of sp³-hybridized carbons (Fsp3) is 0.295. The number of nitrogens with two attached hydrogens (primary N) is 1. The number of nitrogen functional groups attached to an aromatic ring is 1. The Morgan fingerprint density at radius 1 is 0.759 bits per heavy atom. The lowest BCUT2D eigenvalue weighted by molar-refractivity contribution is -0.245. The number of benzene rings is 4. The molecular formula is C44H48N4O5S. The number of unbranched alkanes of at least 4 members (excludes halogenated alkanes) is 3. The van der Waals surface area contributed by atoms with Gasteiger partial charge in [-0.15, -0.1) is 11.8 Å². The first-order valence-corrected chi connectivity index (χ1v) is 19.6. The summed E-state index contributed by atoms with van der Waals surface area (Å²) in [7, 11) is 0. The number of thioether (sulfide) groups is 1. The van der Waals surface area contributed by atoms with Crippen molar-refractivity contribution >= 4 is 35.0 Å². The smallest absolute Gasteiger partial charge is 0.224 e. The Morgan fingerprint density at radius 2 is 1.50 bits per heavy atom. The Morgan fingerprint density at radius 3 is 2.26 bits per heavy atom. The molecule has 0 spiro atoms. The van der Waals surface area contributed by atoms with Gasteiger partial charge in [0.2, 0.25) is 11.8 Å². The zero-order chi connectivity index (χ0) is 37.5. The van der Waals surface area contributed by atoms with E-state index in [2.05, 4.69) is 39.9 Å². The summed E-state index contributed by atoms with van der Waals surface area (Å²) < 4.78 is 13.2. The first kappa shape index (κ1) is 38.7. The average Bonchev–Trinajstić information content (AvgIpc) is 3.22. The number of carbonyl (C=O) groups excluding carboxylic acids is 2. The van der Waals surface area contributed by atoms with Gasteiger partial charge in [0.05, 0.1) is 35.2 Å². The molecular weight excluding hydrogens is 697 g/mol. The van der Waals surface area contributed by atoms with Crippen LogP contribution in [0.2, 0.25) is 0 Å². The van der Waals surface area contributed by atoms with Crippen molar-refractivity contribution in [1.29, 1.82) is 0 Å². The second-order valence-electron chi connectivity index (χ2n) is 13.5. The van der Waals surface area contributed by atoms with Gasteiger partial charge in [0.1, 0.15) is 0 Å². The van der Waals surface area contributed by atoms with Gasteiger partial charge in [0.25, 0.3) is 0 Å². The van der Waals surface area contributed by atoms with Crippen molar-refractivity contribution in [1.82, 2.24) is 10.3 Å². The van der Waals surface area contributed by atoms with E-state index >= 15 is 0 Å². The standard InChI is InChI=1S/C44H48N4O5S/c45-38-15-5-6-16-39(38)48-42(51)18-4-2-1-3-17-41(50)47-28-32-11-9-12-34(25-32)35-13-10-14-36(26-35)44-52-37(30-54-43-19-7-8-24-46-43)27-40(53-44)33-22-20-31(29-49)21-23-33/h5-16,19-26,37,40,44,49H,1-4,17-18,27-30,45H2,(H,47,50)(H,48,51). The lowest BCUT2D eigenvalue weighted by Crippen LogP contribution is -2.31. The van der Waals surface area contributed by atoms with E-state index in [-0.39, 0.29) is 30.6 Å². The van der Waals surface area contributed by atoms with Crippen LogP contribution in [0, 0.1) is 0 Å². The predicted molar refractivity (Wildman–Crippen MR) is 214 cm³/mol. The SMILES string of the molecule is Nc1ccccc1NC(=O)CCCCCCC(=O)NCc1cccc(-c2cccc(C3OC(CSc4ccccn4)CC(c4ccc(CO)cc4)O3)c2)c1. The molecule has 5 N–H and O–H groups in total. The third kappa shape index (κ3) is 11.5. The van der Waals surface area contributed by atoms with E-state index in [0.717, 1.165) is 69.8 Å². The van der Waals surface area contributed by atoms with Crippen molar-refractivity contribution in [3.05, 3.63) is 144 Å². The maximum atomic E-state index is 12.7. The van der Waals surface area contributed by atoms with Gasteiger partial charge in [0.15, 0.2) is 6.29 Å². The summed E-state index contributed by atoms with van der Waals surface area (Å²) >= 11 is 1.67. The Bertz CT molecular complexity index is 1960. The van der Waals surface area contributed by atoms with Crippen molar-refractivity contribution < 1.29 is 24.2 Å². The molecule has 6 rings (SSSR count). The highest BCUT2D eigenvalue weighted by Crippen LogP contribution is 2.40. The van der Waals surface area contributed by atoms with Crippen LogP contribution in [-0.2, 0) is 32.2 Å². The van der Waals surface area contributed by atoms with Crippen LogP contribution < -0.4 is 16.4 Å². The molecule has 2 heterocycles. The fourth-order valence-corrected chi connectivity index (χ4v) is 7.28. The van der Waals surface area contributed by atoms with Gasteiger partial charge in [-0.2, -0.15) is 0 Å². The lowest BCUT2D eigenvalue weighted by atomic mass is 9.99. The number of aliphatic hydroxyl groups excluding tert-OH is 1. The molecule has 0 bridgehead atoms. The summed E-state index contributed by atoms with van der Waals surface area (Å²) in [5.41, 5.74) is 13.0. The topological polar surface area (TPSA) is 136 Å². The molecule has 1 aliphatic rings. The Kier molecular flexibility index (Phi) is 14.3. The van der Waals surface area contributed by atoms with Crippen LogP contribution in [-0.4, -0.2) is 33.8 Å². The zero-order valence-electron chi connectivity index (χ0n) is 30.4. The number of amides is 2. The summed E-state index contributed by atoms with van der Waals surface area (Å²) in [4.78, 5) is 29.3. The number of ether oxygens (including phenoxy) is 2. The van der Waals surface area contributed by atoms with E-state index in [9.17, 15) is 14.7 Å². The molecule has 0 saturated carbocycles. The molecule has 4 aromatic carbocycles. The van der Waals surface area contributed by atoms with Crippen LogP contribution in [0.4, 0.5) is 11.4 Å². The third-order valence-corrected chi connectivity index (χ3v) is 10.4. The second kappa shape index (κ2) is 19.9. The highest BCUT2D eigenvalue weighted by atomic mass is 32.2. The van der Waals surface area contributed by atoms with Crippen LogP contribution in [0.5, 0.6) is 0 Å². The van der Waals surface area contributed by atoms with Gasteiger partial charge in [-0.3, -0.25) is 9.59 Å². The molecule has 9 nitrogen and oxygen atoms in total. The maximum Gasteiger partial charge on any atom is 0.224 e. The van der Waals surface area contributed by atoms with E-state index in [0.29, 0.717) is 37.2 Å². The van der Waals surface area contributed by atoms with Gasteiger partial charge in [-0.05, 0) is 77.1 Å². The average molecular weight is 745 g/mol. The van der Waals surface area contributed by atoms with Crippen molar-refractivity contribution in [2.75, 3.05) is 16.8 Å². The Hall–Kier alpha value is -5.00. The third-order valence-electron chi connectivity index (χ3n) is 9.37. The van der Waals surface area contributed by atoms with Crippen LogP contribution in [0.1, 0.15) is 79.6 Å². The minimum absolute atomic E-state index is 0.00179. The molecule has 280 valence electrons. The largest absolute Gasteiger partial charge is 0.397 e. The molecule has 0 radical (unpaired) electrons.